The van der Waals surface area contributed by atoms with E-state index >= 15 is 0 Å². The largest absolute Gasteiger partial charge is 0.455 e. The number of esters is 1. The highest BCUT2D eigenvalue weighted by atomic mass is 32.1. The normalized spacial score (nSPS) is 10.7. The van der Waals surface area contributed by atoms with Crippen molar-refractivity contribution in [2.24, 2.45) is 0 Å². The number of rotatable bonds is 4. The van der Waals surface area contributed by atoms with Gasteiger partial charge in [-0.3, -0.25) is 10.1 Å². The highest BCUT2D eigenvalue weighted by Gasteiger charge is 2.17. The van der Waals surface area contributed by atoms with Crippen LogP contribution in [0.5, 0.6) is 0 Å². The number of aromatic nitrogens is 2. The molecule has 0 radical (unpaired) electrons. The van der Waals surface area contributed by atoms with Crippen LogP contribution in [0, 0.1) is 17.0 Å². The Bertz CT molecular complexity index is 907. The van der Waals surface area contributed by atoms with Gasteiger partial charge in [-0.1, -0.05) is 23.5 Å². The fourth-order valence-corrected chi connectivity index (χ4v) is 2.72. The second kappa shape index (κ2) is 6.09. The van der Waals surface area contributed by atoms with Crippen molar-refractivity contribution in [1.29, 1.82) is 0 Å². The topological polar surface area (TPSA) is 95.2 Å². The molecule has 0 atom stereocenters. The first-order valence-electron chi connectivity index (χ1n) is 6.68. The van der Waals surface area contributed by atoms with Crippen LogP contribution in [-0.2, 0) is 11.3 Å². The van der Waals surface area contributed by atoms with E-state index in [4.69, 9.17) is 4.74 Å². The lowest BCUT2D eigenvalue weighted by atomic mass is 10.2. The van der Waals surface area contributed by atoms with Crippen molar-refractivity contribution in [3.8, 4) is 0 Å². The number of hydrogen-bond donors (Lipinski definition) is 0. The van der Waals surface area contributed by atoms with Crippen LogP contribution in [0.2, 0.25) is 0 Å². The molecule has 0 fully saturated rings. The third kappa shape index (κ3) is 3.16. The van der Waals surface area contributed by atoms with Gasteiger partial charge >= 0.3 is 11.0 Å². The molecule has 0 saturated carbocycles. The molecule has 3 rings (SSSR count). The Morgan fingerprint density at radius 3 is 2.57 bits per heavy atom. The van der Waals surface area contributed by atoms with Gasteiger partial charge in [-0.25, -0.2) is 14.8 Å². The van der Waals surface area contributed by atoms with Crippen LogP contribution in [0.1, 0.15) is 21.1 Å². The number of fused-ring (bicyclic) bond motifs is 1. The molecule has 0 N–H and O–H groups in total. The van der Waals surface area contributed by atoms with E-state index in [0.717, 1.165) is 22.4 Å². The van der Waals surface area contributed by atoms with E-state index in [0.29, 0.717) is 11.4 Å². The van der Waals surface area contributed by atoms with Crippen molar-refractivity contribution in [2.75, 3.05) is 0 Å². The molecule has 23 heavy (non-hydrogen) atoms. The number of para-hydroxylation sites is 2. The number of aryl methyl sites for hydroxylation is 1. The molecule has 1 aromatic carbocycles. The second-order valence-electron chi connectivity index (χ2n) is 4.72. The van der Waals surface area contributed by atoms with Crippen molar-refractivity contribution >= 4 is 33.3 Å². The molecule has 0 aliphatic carbocycles. The van der Waals surface area contributed by atoms with E-state index in [1.54, 1.807) is 6.92 Å². The minimum Gasteiger partial charge on any atom is -0.455 e. The van der Waals surface area contributed by atoms with Crippen molar-refractivity contribution in [1.82, 2.24) is 9.97 Å². The molecule has 0 spiro atoms. The number of thiophene rings is 1. The lowest BCUT2D eigenvalue weighted by molar-refractivity contribution is -0.380. The summed E-state index contributed by atoms with van der Waals surface area (Å²) in [4.78, 5) is 31.1. The maximum Gasteiger partial charge on any atom is 0.348 e. The van der Waals surface area contributed by atoms with Crippen LogP contribution >= 0.6 is 11.3 Å². The van der Waals surface area contributed by atoms with Gasteiger partial charge in [0.05, 0.1) is 27.3 Å². The number of hydrogen-bond acceptors (Lipinski definition) is 7. The number of nitro groups is 1. The zero-order valence-corrected chi connectivity index (χ0v) is 12.9. The lowest BCUT2D eigenvalue weighted by Gasteiger charge is -2.07. The Kier molecular flexibility index (Phi) is 3.98. The molecule has 0 unspecified atom stereocenters. The van der Waals surface area contributed by atoms with E-state index in [2.05, 4.69) is 9.97 Å². The van der Waals surface area contributed by atoms with Gasteiger partial charge < -0.3 is 4.74 Å². The van der Waals surface area contributed by atoms with Crippen LogP contribution in [0.3, 0.4) is 0 Å². The maximum atomic E-state index is 11.9. The van der Waals surface area contributed by atoms with E-state index in [1.807, 2.05) is 24.3 Å². The molecule has 0 bridgehead atoms. The summed E-state index contributed by atoms with van der Waals surface area (Å²) in [6.45, 7) is 1.76. The van der Waals surface area contributed by atoms with Crippen LogP contribution in [0.15, 0.2) is 36.4 Å². The third-order valence-electron chi connectivity index (χ3n) is 3.16. The average molecular weight is 329 g/mol. The maximum absolute atomic E-state index is 11.9. The van der Waals surface area contributed by atoms with Crippen molar-refractivity contribution in [2.45, 2.75) is 13.5 Å². The molecule has 116 valence electrons. The number of benzene rings is 1. The quantitative estimate of drug-likeness (QED) is 0.414. The van der Waals surface area contributed by atoms with E-state index in [-0.39, 0.29) is 16.5 Å². The van der Waals surface area contributed by atoms with Crippen LogP contribution in [0.25, 0.3) is 11.0 Å². The Hall–Kier alpha value is -2.87. The van der Waals surface area contributed by atoms with Crippen molar-refractivity contribution in [3.63, 3.8) is 0 Å². The summed E-state index contributed by atoms with van der Waals surface area (Å²) in [7, 11) is 0. The molecule has 0 saturated heterocycles. The van der Waals surface area contributed by atoms with Gasteiger partial charge in [0.1, 0.15) is 11.5 Å². The molecule has 8 heteroatoms. The molecule has 0 aliphatic heterocycles. The Balaban J connectivity index is 1.75. The second-order valence-corrected chi connectivity index (χ2v) is 5.78. The molecule has 2 aromatic heterocycles. The first-order valence-corrected chi connectivity index (χ1v) is 7.50. The predicted octanol–water partition coefficient (Wildman–Crippen LogP) is 3.26. The zero-order chi connectivity index (χ0) is 16.4. The summed E-state index contributed by atoms with van der Waals surface area (Å²) in [6, 6.07) is 10.1. The smallest absolute Gasteiger partial charge is 0.348 e. The van der Waals surface area contributed by atoms with Crippen molar-refractivity contribution < 1.29 is 14.5 Å². The minimum absolute atomic E-state index is 0.0335. The van der Waals surface area contributed by atoms with Gasteiger partial charge in [0, 0.05) is 6.07 Å². The number of ether oxygens (including phenoxy) is 1. The molecule has 0 amide bonds. The number of carbonyl (C=O) groups excluding carboxylic acids is 1. The summed E-state index contributed by atoms with van der Waals surface area (Å²) in [5, 5.41) is 10.5. The summed E-state index contributed by atoms with van der Waals surface area (Å²) >= 11 is 0.781. The zero-order valence-electron chi connectivity index (χ0n) is 12.1. The summed E-state index contributed by atoms with van der Waals surface area (Å²) in [6.07, 6.45) is 0. The van der Waals surface area contributed by atoms with Crippen molar-refractivity contribution in [3.05, 3.63) is 62.8 Å². The average Bonchev–Trinajstić information content (AvgIpc) is 3.03. The molecule has 7 nitrogen and oxygen atoms in total. The van der Waals surface area contributed by atoms with E-state index in [1.165, 1.54) is 12.1 Å². The minimum atomic E-state index is -0.613. The molecule has 2 heterocycles. The summed E-state index contributed by atoms with van der Waals surface area (Å²) in [5.41, 5.74) is 2.72. The number of carbonyl (C=O) groups is 1. The Morgan fingerprint density at radius 2 is 1.91 bits per heavy atom. The van der Waals surface area contributed by atoms with Gasteiger partial charge in [-0.2, -0.15) is 0 Å². The summed E-state index contributed by atoms with van der Waals surface area (Å²) in [5.74, 6) is -0.613. The highest BCUT2D eigenvalue weighted by molar-refractivity contribution is 7.17. The van der Waals surface area contributed by atoms with E-state index in [9.17, 15) is 14.9 Å². The SMILES string of the molecule is Cc1nc2ccccc2nc1COC(=O)c1ccc([N+](=O)[O-])s1. The highest BCUT2D eigenvalue weighted by Crippen LogP contribution is 2.24. The van der Waals surface area contributed by atoms with Gasteiger partial charge in [-0.15, -0.1) is 0 Å². The molecule has 3 aromatic rings. The van der Waals surface area contributed by atoms with Crippen LogP contribution < -0.4 is 0 Å². The van der Waals surface area contributed by atoms with E-state index < -0.39 is 10.9 Å². The van der Waals surface area contributed by atoms with Gasteiger partial charge in [-0.05, 0) is 25.1 Å². The van der Waals surface area contributed by atoms with Gasteiger partial charge in [0.2, 0.25) is 0 Å². The van der Waals surface area contributed by atoms with Crippen LogP contribution in [0.4, 0.5) is 5.00 Å². The standard InChI is InChI=1S/C15H11N3O4S/c1-9-12(17-11-5-3-2-4-10(11)16-9)8-22-15(19)13-6-7-14(23-13)18(20)21/h2-7H,8H2,1H3. The molecular formula is C15H11N3O4S. The monoisotopic (exact) mass is 329 g/mol. The number of nitrogens with zero attached hydrogens (tertiary/aromatic N) is 3. The fourth-order valence-electron chi connectivity index (χ4n) is 2.00. The molecule has 0 aliphatic rings. The lowest BCUT2D eigenvalue weighted by Crippen LogP contribution is -2.07. The Labute approximate surface area is 134 Å². The third-order valence-corrected chi connectivity index (χ3v) is 4.17. The van der Waals surface area contributed by atoms with Gasteiger partial charge in [0.25, 0.3) is 0 Å². The van der Waals surface area contributed by atoms with Gasteiger partial charge in [0.15, 0.2) is 0 Å². The Morgan fingerprint density at radius 1 is 1.22 bits per heavy atom. The first-order chi connectivity index (χ1) is 11.0. The predicted molar refractivity (Wildman–Crippen MR) is 84.4 cm³/mol. The first kappa shape index (κ1) is 15.0. The summed E-state index contributed by atoms with van der Waals surface area (Å²) < 4.78 is 5.18. The van der Waals surface area contributed by atoms with Crippen LogP contribution in [-0.4, -0.2) is 20.9 Å². The fraction of sp³-hybridized carbons (Fsp3) is 0.133. The molecular weight excluding hydrogens is 318 g/mol.